The first-order valence-electron chi connectivity index (χ1n) is 6.67. The topological polar surface area (TPSA) is 37.8 Å². The quantitative estimate of drug-likeness (QED) is 0.935. The molecular formula is C15H14F3N3. The van der Waals surface area contributed by atoms with Gasteiger partial charge in [-0.2, -0.15) is 13.2 Å². The maximum atomic E-state index is 12.8. The Kier molecular flexibility index (Phi) is 3.31. The highest BCUT2D eigenvalue weighted by molar-refractivity contribution is 5.40. The lowest BCUT2D eigenvalue weighted by atomic mass is 9.94. The van der Waals surface area contributed by atoms with Crippen LogP contribution in [0.2, 0.25) is 0 Å². The van der Waals surface area contributed by atoms with E-state index in [-0.39, 0.29) is 5.41 Å². The number of hydrogen-bond acceptors (Lipinski definition) is 3. The molecule has 0 unspecified atom stereocenters. The van der Waals surface area contributed by atoms with E-state index in [0.717, 1.165) is 24.5 Å². The van der Waals surface area contributed by atoms with Crippen LogP contribution in [0.4, 0.5) is 19.0 Å². The maximum Gasteiger partial charge on any atom is 0.416 e. The average molecular weight is 293 g/mol. The van der Waals surface area contributed by atoms with E-state index in [0.29, 0.717) is 12.4 Å². The fourth-order valence-corrected chi connectivity index (χ4v) is 2.39. The van der Waals surface area contributed by atoms with Gasteiger partial charge in [-0.25, -0.2) is 4.98 Å². The van der Waals surface area contributed by atoms with Crippen molar-refractivity contribution < 1.29 is 13.2 Å². The third-order valence-electron chi connectivity index (χ3n) is 3.83. The van der Waals surface area contributed by atoms with Crippen molar-refractivity contribution >= 4 is 5.82 Å². The summed E-state index contributed by atoms with van der Waals surface area (Å²) in [5.74, 6) is 0.635. The first-order chi connectivity index (χ1) is 10.00. The standard InChI is InChI=1S/C15H14F3N3/c16-15(17,18)12-3-1-2-11(8-12)14(4-5-14)10-21-13-9-19-6-7-20-13/h1-3,6-9H,4-5,10H2,(H,20,21). The summed E-state index contributed by atoms with van der Waals surface area (Å²) in [6, 6.07) is 5.60. The Balaban J connectivity index is 1.77. The minimum Gasteiger partial charge on any atom is -0.368 e. The van der Waals surface area contributed by atoms with Crippen LogP contribution in [-0.2, 0) is 11.6 Å². The Labute approximate surface area is 120 Å². The Hall–Kier alpha value is -2.11. The normalized spacial score (nSPS) is 16.5. The van der Waals surface area contributed by atoms with Crippen molar-refractivity contribution in [3.05, 3.63) is 54.0 Å². The van der Waals surface area contributed by atoms with Crippen molar-refractivity contribution in [1.29, 1.82) is 0 Å². The highest BCUT2D eigenvalue weighted by Gasteiger charge is 2.45. The number of alkyl halides is 3. The highest BCUT2D eigenvalue weighted by atomic mass is 19.4. The third-order valence-corrected chi connectivity index (χ3v) is 3.83. The molecule has 0 spiro atoms. The molecule has 1 aromatic heterocycles. The van der Waals surface area contributed by atoms with Crippen molar-refractivity contribution in [3.8, 4) is 0 Å². The molecule has 110 valence electrons. The first kappa shape index (κ1) is 13.9. The molecule has 1 saturated carbocycles. The van der Waals surface area contributed by atoms with E-state index in [9.17, 15) is 13.2 Å². The molecule has 6 heteroatoms. The van der Waals surface area contributed by atoms with Gasteiger partial charge in [0.05, 0.1) is 11.8 Å². The van der Waals surface area contributed by atoms with E-state index in [4.69, 9.17) is 0 Å². The molecule has 1 heterocycles. The summed E-state index contributed by atoms with van der Waals surface area (Å²) in [5, 5.41) is 3.15. The lowest BCUT2D eigenvalue weighted by Gasteiger charge is -2.18. The minimum atomic E-state index is -4.30. The largest absolute Gasteiger partial charge is 0.416 e. The molecule has 0 aliphatic heterocycles. The SMILES string of the molecule is FC(F)(F)c1cccc(C2(CNc3cnccn3)CC2)c1. The number of nitrogens with zero attached hydrogens (tertiary/aromatic N) is 2. The number of halogens is 3. The average Bonchev–Trinajstić information content (AvgIpc) is 3.27. The predicted molar refractivity (Wildman–Crippen MR) is 72.9 cm³/mol. The molecule has 21 heavy (non-hydrogen) atoms. The van der Waals surface area contributed by atoms with Crippen LogP contribution in [-0.4, -0.2) is 16.5 Å². The van der Waals surface area contributed by atoms with Gasteiger partial charge in [-0.3, -0.25) is 4.98 Å². The van der Waals surface area contributed by atoms with E-state index in [1.165, 1.54) is 12.1 Å². The van der Waals surface area contributed by atoms with Crippen LogP contribution in [0.1, 0.15) is 24.0 Å². The van der Waals surface area contributed by atoms with Gasteiger partial charge in [0.1, 0.15) is 5.82 Å². The second-order valence-corrected chi connectivity index (χ2v) is 5.30. The zero-order valence-electron chi connectivity index (χ0n) is 11.2. The molecule has 3 nitrogen and oxygen atoms in total. The van der Waals surface area contributed by atoms with Crippen molar-refractivity contribution in [2.75, 3.05) is 11.9 Å². The van der Waals surface area contributed by atoms with E-state index >= 15 is 0 Å². The molecule has 1 N–H and O–H groups in total. The lowest BCUT2D eigenvalue weighted by Crippen LogP contribution is -2.21. The Bertz CT molecular complexity index is 622. The summed E-state index contributed by atoms with van der Waals surface area (Å²) in [4.78, 5) is 8.06. The zero-order chi connectivity index (χ0) is 14.9. The van der Waals surface area contributed by atoms with Crippen molar-refractivity contribution in [2.24, 2.45) is 0 Å². The summed E-state index contributed by atoms with van der Waals surface area (Å²) >= 11 is 0. The molecule has 0 saturated heterocycles. The van der Waals surface area contributed by atoms with E-state index < -0.39 is 11.7 Å². The number of benzene rings is 1. The summed E-state index contributed by atoms with van der Waals surface area (Å²) in [6.07, 6.45) is 2.20. The molecule has 0 radical (unpaired) electrons. The Morgan fingerprint density at radius 2 is 2.00 bits per heavy atom. The summed E-state index contributed by atoms with van der Waals surface area (Å²) in [5.41, 5.74) is -0.0850. The molecule has 1 fully saturated rings. The number of aromatic nitrogens is 2. The summed E-state index contributed by atoms with van der Waals surface area (Å²) in [6.45, 7) is 0.563. The van der Waals surface area contributed by atoms with Crippen molar-refractivity contribution in [1.82, 2.24) is 9.97 Å². The van der Waals surface area contributed by atoms with Gasteiger partial charge in [0, 0.05) is 24.4 Å². The highest BCUT2D eigenvalue weighted by Crippen LogP contribution is 2.49. The van der Waals surface area contributed by atoms with Crippen LogP contribution in [0.5, 0.6) is 0 Å². The second kappa shape index (κ2) is 5.02. The number of nitrogens with one attached hydrogen (secondary N) is 1. The van der Waals surface area contributed by atoms with Gasteiger partial charge >= 0.3 is 6.18 Å². The predicted octanol–water partition coefficient (Wildman–Crippen LogP) is 3.64. The van der Waals surface area contributed by atoms with E-state index in [1.54, 1.807) is 24.7 Å². The van der Waals surface area contributed by atoms with Crippen molar-refractivity contribution in [2.45, 2.75) is 24.4 Å². The van der Waals surface area contributed by atoms with Crippen LogP contribution >= 0.6 is 0 Å². The van der Waals surface area contributed by atoms with Gasteiger partial charge in [0.2, 0.25) is 0 Å². The molecule has 0 atom stereocenters. The van der Waals surface area contributed by atoms with Crippen LogP contribution in [0.15, 0.2) is 42.9 Å². The zero-order valence-corrected chi connectivity index (χ0v) is 11.2. The van der Waals surface area contributed by atoms with Gasteiger partial charge in [-0.05, 0) is 24.5 Å². The molecule has 2 aromatic rings. The first-order valence-corrected chi connectivity index (χ1v) is 6.67. The second-order valence-electron chi connectivity index (χ2n) is 5.30. The number of hydrogen-bond donors (Lipinski definition) is 1. The molecule has 1 aromatic carbocycles. The minimum absolute atomic E-state index is 0.223. The van der Waals surface area contributed by atoms with E-state index in [2.05, 4.69) is 15.3 Å². The van der Waals surface area contributed by atoms with Crippen LogP contribution in [0.25, 0.3) is 0 Å². The molecule has 3 rings (SSSR count). The van der Waals surface area contributed by atoms with Crippen LogP contribution < -0.4 is 5.32 Å². The number of rotatable bonds is 4. The number of anilines is 1. The molecule has 1 aliphatic carbocycles. The summed E-state index contributed by atoms with van der Waals surface area (Å²) in [7, 11) is 0. The maximum absolute atomic E-state index is 12.8. The van der Waals surface area contributed by atoms with Gasteiger partial charge in [-0.1, -0.05) is 18.2 Å². The fraction of sp³-hybridized carbons (Fsp3) is 0.333. The van der Waals surface area contributed by atoms with Gasteiger partial charge in [0.15, 0.2) is 0 Å². The van der Waals surface area contributed by atoms with Crippen LogP contribution in [0.3, 0.4) is 0 Å². The van der Waals surface area contributed by atoms with Gasteiger partial charge < -0.3 is 5.32 Å². The summed E-state index contributed by atoms with van der Waals surface area (Å²) < 4.78 is 38.4. The Morgan fingerprint density at radius 1 is 1.19 bits per heavy atom. The third kappa shape index (κ3) is 2.99. The fourth-order valence-electron chi connectivity index (χ4n) is 2.39. The molecule has 1 aliphatic rings. The van der Waals surface area contributed by atoms with Gasteiger partial charge in [0.25, 0.3) is 0 Å². The van der Waals surface area contributed by atoms with Crippen LogP contribution in [0, 0.1) is 0 Å². The lowest BCUT2D eigenvalue weighted by molar-refractivity contribution is -0.137. The van der Waals surface area contributed by atoms with Crippen molar-refractivity contribution in [3.63, 3.8) is 0 Å². The smallest absolute Gasteiger partial charge is 0.368 e. The van der Waals surface area contributed by atoms with Gasteiger partial charge in [-0.15, -0.1) is 0 Å². The molecule has 0 bridgehead atoms. The van der Waals surface area contributed by atoms with E-state index in [1.807, 2.05) is 0 Å². The monoisotopic (exact) mass is 293 g/mol. The Morgan fingerprint density at radius 3 is 2.62 bits per heavy atom. The molecular weight excluding hydrogens is 279 g/mol. The molecule has 0 amide bonds.